The lowest BCUT2D eigenvalue weighted by molar-refractivity contribution is 0.0400. The molecule has 18 heavy (non-hydrogen) atoms. The second-order valence-corrected chi connectivity index (χ2v) is 5.43. The molecule has 2 rings (SSSR count). The van der Waals surface area contributed by atoms with Crippen molar-refractivity contribution in [3.8, 4) is 0 Å². The maximum absolute atomic E-state index is 13.9. The van der Waals surface area contributed by atoms with Gasteiger partial charge in [-0.25, -0.2) is 8.78 Å². The topological polar surface area (TPSA) is 12.5 Å². The Kier molecular flexibility index (Phi) is 4.70. The summed E-state index contributed by atoms with van der Waals surface area (Å²) < 4.78 is 33.1. The molecule has 0 radical (unpaired) electrons. The van der Waals surface area contributed by atoms with E-state index in [-0.39, 0.29) is 12.1 Å². The lowest BCUT2D eigenvalue weighted by Crippen LogP contribution is -2.36. The Hall–Kier alpha value is -0.520. The Labute approximate surface area is 114 Å². The van der Waals surface area contributed by atoms with E-state index in [1.165, 1.54) is 12.1 Å². The van der Waals surface area contributed by atoms with E-state index in [1.54, 1.807) is 0 Å². The maximum Gasteiger partial charge on any atom is 0.144 e. The Morgan fingerprint density at radius 2 is 2.00 bits per heavy atom. The van der Waals surface area contributed by atoms with Crippen molar-refractivity contribution in [1.29, 1.82) is 0 Å². The quantitative estimate of drug-likeness (QED) is 0.792. The number of hydrogen-bond donors (Lipinski definition) is 0. The number of hydrogen-bond acceptors (Lipinski definition) is 2. The van der Waals surface area contributed by atoms with Crippen molar-refractivity contribution in [2.75, 3.05) is 20.3 Å². The molecule has 2 nitrogen and oxygen atoms in total. The van der Waals surface area contributed by atoms with Gasteiger partial charge in [-0.3, -0.25) is 4.90 Å². The smallest absolute Gasteiger partial charge is 0.144 e. The van der Waals surface area contributed by atoms with E-state index in [9.17, 15) is 8.78 Å². The zero-order valence-corrected chi connectivity index (χ0v) is 11.8. The summed E-state index contributed by atoms with van der Waals surface area (Å²) in [5.41, 5.74) is 0.123. The fourth-order valence-electron chi connectivity index (χ4n) is 2.22. The Bertz CT molecular complexity index is 422. The summed E-state index contributed by atoms with van der Waals surface area (Å²) in [7, 11) is 1.90. The molecule has 0 unspecified atom stereocenters. The Morgan fingerprint density at radius 1 is 1.33 bits per heavy atom. The molecule has 0 bridgehead atoms. The van der Waals surface area contributed by atoms with Crippen molar-refractivity contribution >= 4 is 15.9 Å². The molecule has 0 atom stereocenters. The minimum absolute atomic E-state index is 0.123. The molecule has 1 aliphatic heterocycles. The van der Waals surface area contributed by atoms with Gasteiger partial charge < -0.3 is 4.74 Å². The first-order chi connectivity index (χ1) is 8.59. The van der Waals surface area contributed by atoms with Crippen LogP contribution in [0.2, 0.25) is 0 Å². The molecule has 1 heterocycles. The average Bonchev–Trinajstić information content (AvgIpc) is 2.40. The standard InChI is InChI=1S/C13H16BrF2NO/c1-17(9-4-6-18-7-5-9)8-10-12(15)3-2-11(14)13(10)16/h2-3,9H,4-8H2,1H3. The third-order valence-corrected chi connectivity index (χ3v) is 3.97. The first-order valence-electron chi connectivity index (χ1n) is 6.00. The van der Waals surface area contributed by atoms with Crippen LogP contribution in [0, 0.1) is 11.6 Å². The van der Waals surface area contributed by atoms with Gasteiger partial charge in [-0.2, -0.15) is 0 Å². The molecule has 0 spiro atoms. The van der Waals surface area contributed by atoms with Gasteiger partial charge in [0.15, 0.2) is 0 Å². The maximum atomic E-state index is 13.9. The molecule has 100 valence electrons. The van der Waals surface area contributed by atoms with Crippen LogP contribution in [0.5, 0.6) is 0 Å². The van der Waals surface area contributed by atoms with Gasteiger partial charge in [0.25, 0.3) is 0 Å². The van der Waals surface area contributed by atoms with Crippen LogP contribution < -0.4 is 0 Å². The summed E-state index contributed by atoms with van der Waals surface area (Å²) in [6.07, 6.45) is 1.82. The molecule has 0 saturated carbocycles. The Morgan fingerprint density at radius 3 is 2.67 bits per heavy atom. The van der Waals surface area contributed by atoms with E-state index in [1.807, 2.05) is 11.9 Å². The predicted molar refractivity (Wildman–Crippen MR) is 69.4 cm³/mol. The molecule has 0 aromatic heterocycles. The van der Waals surface area contributed by atoms with Crippen molar-refractivity contribution in [2.24, 2.45) is 0 Å². The van der Waals surface area contributed by atoms with E-state index in [2.05, 4.69) is 15.9 Å². The molecule has 1 aromatic rings. The van der Waals surface area contributed by atoms with Crippen LogP contribution in [-0.2, 0) is 11.3 Å². The van der Waals surface area contributed by atoms with Crippen LogP contribution in [0.4, 0.5) is 8.78 Å². The van der Waals surface area contributed by atoms with Crippen LogP contribution >= 0.6 is 15.9 Å². The van der Waals surface area contributed by atoms with Crippen LogP contribution in [0.15, 0.2) is 16.6 Å². The number of nitrogens with zero attached hydrogens (tertiary/aromatic N) is 1. The van der Waals surface area contributed by atoms with Gasteiger partial charge in [0.1, 0.15) is 11.6 Å². The van der Waals surface area contributed by atoms with Gasteiger partial charge in [-0.05, 0) is 48.0 Å². The van der Waals surface area contributed by atoms with Crippen molar-refractivity contribution in [3.63, 3.8) is 0 Å². The minimum Gasteiger partial charge on any atom is -0.381 e. The van der Waals surface area contributed by atoms with E-state index >= 15 is 0 Å². The molecular formula is C13H16BrF2NO. The number of benzene rings is 1. The minimum atomic E-state index is -0.506. The average molecular weight is 320 g/mol. The van der Waals surface area contributed by atoms with E-state index in [0.29, 0.717) is 10.5 Å². The number of rotatable bonds is 3. The zero-order valence-electron chi connectivity index (χ0n) is 10.3. The van der Waals surface area contributed by atoms with Crippen molar-refractivity contribution in [1.82, 2.24) is 4.90 Å². The van der Waals surface area contributed by atoms with Crippen molar-refractivity contribution < 1.29 is 13.5 Å². The second kappa shape index (κ2) is 6.08. The highest BCUT2D eigenvalue weighted by Gasteiger charge is 2.21. The summed E-state index contributed by atoms with van der Waals surface area (Å²) in [5, 5.41) is 0. The zero-order chi connectivity index (χ0) is 13.1. The molecule has 0 N–H and O–H groups in total. The third-order valence-electron chi connectivity index (χ3n) is 3.36. The lowest BCUT2D eigenvalue weighted by Gasteiger charge is -2.31. The second-order valence-electron chi connectivity index (χ2n) is 4.58. The number of halogens is 3. The molecule has 0 aliphatic carbocycles. The summed E-state index contributed by atoms with van der Waals surface area (Å²) >= 11 is 3.09. The van der Waals surface area contributed by atoms with E-state index in [4.69, 9.17) is 4.74 Å². The fraction of sp³-hybridized carbons (Fsp3) is 0.538. The monoisotopic (exact) mass is 319 g/mol. The van der Waals surface area contributed by atoms with Crippen LogP contribution in [0.1, 0.15) is 18.4 Å². The Balaban J connectivity index is 2.10. The van der Waals surface area contributed by atoms with Gasteiger partial charge in [0, 0.05) is 31.4 Å². The molecule has 1 aliphatic rings. The highest BCUT2D eigenvalue weighted by atomic mass is 79.9. The normalized spacial score (nSPS) is 17.4. The summed E-state index contributed by atoms with van der Waals surface area (Å²) in [5.74, 6) is -0.997. The lowest BCUT2D eigenvalue weighted by atomic mass is 10.1. The molecule has 1 aromatic carbocycles. The van der Waals surface area contributed by atoms with Gasteiger partial charge in [0.05, 0.1) is 4.47 Å². The molecule has 1 fully saturated rings. The van der Waals surface area contributed by atoms with Gasteiger partial charge in [0.2, 0.25) is 0 Å². The van der Waals surface area contributed by atoms with Gasteiger partial charge >= 0.3 is 0 Å². The SMILES string of the molecule is CN(Cc1c(F)ccc(Br)c1F)C1CCOCC1. The molecule has 1 saturated heterocycles. The molecular weight excluding hydrogens is 304 g/mol. The summed E-state index contributed by atoms with van der Waals surface area (Å²) in [4.78, 5) is 2.00. The first-order valence-corrected chi connectivity index (χ1v) is 6.79. The van der Waals surface area contributed by atoms with Gasteiger partial charge in [-0.15, -0.1) is 0 Å². The third kappa shape index (κ3) is 3.08. The highest BCUT2D eigenvalue weighted by molar-refractivity contribution is 9.10. The van der Waals surface area contributed by atoms with Crippen molar-refractivity contribution in [2.45, 2.75) is 25.4 Å². The van der Waals surface area contributed by atoms with E-state index < -0.39 is 11.6 Å². The summed E-state index contributed by atoms with van der Waals surface area (Å²) in [6, 6.07) is 3.01. The fourth-order valence-corrected chi connectivity index (χ4v) is 2.59. The van der Waals surface area contributed by atoms with Crippen LogP contribution in [0.3, 0.4) is 0 Å². The summed E-state index contributed by atoms with van der Waals surface area (Å²) in [6.45, 7) is 1.72. The predicted octanol–water partition coefficient (Wildman–Crippen LogP) is 3.34. The number of ether oxygens (including phenoxy) is 1. The van der Waals surface area contributed by atoms with Gasteiger partial charge in [-0.1, -0.05) is 0 Å². The van der Waals surface area contributed by atoms with Crippen molar-refractivity contribution in [3.05, 3.63) is 33.8 Å². The van der Waals surface area contributed by atoms with E-state index in [0.717, 1.165) is 26.1 Å². The first kappa shape index (κ1) is 13.9. The largest absolute Gasteiger partial charge is 0.381 e. The van der Waals surface area contributed by atoms with Crippen LogP contribution in [-0.4, -0.2) is 31.2 Å². The molecule has 0 amide bonds. The molecule has 5 heteroatoms. The van der Waals surface area contributed by atoms with Crippen LogP contribution in [0.25, 0.3) is 0 Å². The highest BCUT2D eigenvalue weighted by Crippen LogP contribution is 2.24.